The van der Waals surface area contributed by atoms with E-state index in [1.165, 1.54) is 22.3 Å². The number of phenols is 1. The summed E-state index contributed by atoms with van der Waals surface area (Å²) < 4.78 is 11.8. The summed E-state index contributed by atoms with van der Waals surface area (Å²) in [5.74, 6) is -1.33. The van der Waals surface area contributed by atoms with Crippen LogP contribution < -0.4 is 14.4 Å². The van der Waals surface area contributed by atoms with Gasteiger partial charge in [0.25, 0.3) is 5.78 Å². The number of aliphatic hydroxyl groups excluding tert-OH is 1. The number of thiazole rings is 1. The zero-order valence-electron chi connectivity index (χ0n) is 20.5. The van der Waals surface area contributed by atoms with Crippen LogP contribution in [0, 0.1) is 0 Å². The van der Waals surface area contributed by atoms with E-state index in [0.717, 1.165) is 4.70 Å². The van der Waals surface area contributed by atoms with Crippen molar-refractivity contribution in [3.63, 3.8) is 0 Å². The summed E-state index contributed by atoms with van der Waals surface area (Å²) in [4.78, 5) is 32.8. The van der Waals surface area contributed by atoms with E-state index in [4.69, 9.17) is 21.1 Å². The summed E-state index contributed by atoms with van der Waals surface area (Å²) in [7, 11) is 0. The summed E-state index contributed by atoms with van der Waals surface area (Å²) in [6, 6.07) is 15.3. The number of anilines is 1. The van der Waals surface area contributed by atoms with Gasteiger partial charge in [-0.1, -0.05) is 29.0 Å². The number of phenolic OH excluding ortho intramolecular Hbond substituents is 1. The van der Waals surface area contributed by atoms with Crippen molar-refractivity contribution in [1.82, 2.24) is 4.98 Å². The van der Waals surface area contributed by atoms with Gasteiger partial charge in [-0.3, -0.25) is 14.5 Å². The fraction of sp³-hybridized carbons (Fsp3) is 0.179. The first-order valence-corrected chi connectivity index (χ1v) is 13.1. The molecule has 1 aromatic heterocycles. The Bertz CT molecular complexity index is 1580. The van der Waals surface area contributed by atoms with Crippen molar-refractivity contribution in [2.24, 2.45) is 0 Å². The van der Waals surface area contributed by atoms with E-state index in [0.29, 0.717) is 40.6 Å². The zero-order chi connectivity index (χ0) is 27.0. The number of nitrogens with zero attached hydrogens (tertiary/aromatic N) is 2. The molecule has 8 nitrogen and oxygen atoms in total. The lowest BCUT2D eigenvalue weighted by Crippen LogP contribution is -2.29. The van der Waals surface area contributed by atoms with E-state index < -0.39 is 17.7 Å². The van der Waals surface area contributed by atoms with Crippen molar-refractivity contribution in [3.8, 4) is 17.2 Å². The number of hydrogen-bond acceptors (Lipinski definition) is 8. The van der Waals surface area contributed by atoms with Crippen molar-refractivity contribution in [2.75, 3.05) is 18.1 Å². The molecule has 1 unspecified atom stereocenters. The summed E-state index contributed by atoms with van der Waals surface area (Å²) in [5, 5.41) is 22.4. The summed E-state index contributed by atoms with van der Waals surface area (Å²) in [6.45, 7) is 4.41. The molecule has 2 heterocycles. The normalized spacial score (nSPS) is 16.8. The first-order chi connectivity index (χ1) is 18.3. The number of hydrogen-bond donors (Lipinski definition) is 2. The van der Waals surface area contributed by atoms with Gasteiger partial charge in [0.05, 0.1) is 35.0 Å². The molecule has 0 saturated carbocycles. The molecule has 3 aromatic carbocycles. The number of Topliss-reactive ketones (excluding diaryl/α,β-unsaturated/α-hetero) is 1. The number of halogens is 1. The Morgan fingerprint density at radius 3 is 2.47 bits per heavy atom. The molecule has 1 atom stereocenters. The zero-order valence-corrected chi connectivity index (χ0v) is 22.0. The molecule has 1 aliphatic rings. The minimum Gasteiger partial charge on any atom is -0.507 e. The lowest BCUT2D eigenvalue weighted by molar-refractivity contribution is -0.132. The van der Waals surface area contributed by atoms with Gasteiger partial charge in [-0.25, -0.2) is 4.98 Å². The van der Waals surface area contributed by atoms with Crippen LogP contribution in [0.3, 0.4) is 0 Å². The van der Waals surface area contributed by atoms with E-state index in [9.17, 15) is 19.8 Å². The minimum absolute atomic E-state index is 0.0892. The molecule has 10 heteroatoms. The van der Waals surface area contributed by atoms with Gasteiger partial charge in [-0.2, -0.15) is 0 Å². The molecule has 0 bridgehead atoms. The number of benzene rings is 3. The van der Waals surface area contributed by atoms with Crippen molar-refractivity contribution in [1.29, 1.82) is 0 Å². The third-order valence-corrected chi connectivity index (χ3v) is 7.28. The Kier molecular flexibility index (Phi) is 6.96. The molecular formula is C28H23ClN2O6S. The number of ether oxygens (including phenoxy) is 2. The second-order valence-electron chi connectivity index (χ2n) is 8.40. The lowest BCUT2D eigenvalue weighted by atomic mass is 9.95. The highest BCUT2D eigenvalue weighted by Crippen LogP contribution is 2.46. The fourth-order valence-corrected chi connectivity index (χ4v) is 5.61. The molecule has 1 amide bonds. The Hall–Kier alpha value is -4.08. The summed E-state index contributed by atoms with van der Waals surface area (Å²) in [5.41, 5.74) is 1.30. The van der Waals surface area contributed by atoms with Gasteiger partial charge < -0.3 is 19.7 Å². The maximum atomic E-state index is 13.5. The molecule has 1 fully saturated rings. The number of aliphatic hydroxyl groups is 1. The van der Waals surface area contributed by atoms with E-state index >= 15 is 0 Å². The van der Waals surface area contributed by atoms with Gasteiger partial charge in [0, 0.05) is 10.6 Å². The molecule has 1 aliphatic heterocycles. The predicted octanol–water partition coefficient (Wildman–Crippen LogP) is 6.08. The summed E-state index contributed by atoms with van der Waals surface area (Å²) in [6.07, 6.45) is 0. The number of aromatic hydroxyl groups is 1. The molecular weight excluding hydrogens is 528 g/mol. The van der Waals surface area contributed by atoms with Crippen LogP contribution in [-0.4, -0.2) is 40.1 Å². The first kappa shape index (κ1) is 25.6. The van der Waals surface area contributed by atoms with Crippen LogP contribution in [0.4, 0.5) is 5.13 Å². The maximum absolute atomic E-state index is 13.5. The Labute approximate surface area is 227 Å². The Morgan fingerprint density at radius 1 is 1.03 bits per heavy atom. The highest BCUT2D eigenvalue weighted by atomic mass is 35.5. The molecule has 2 N–H and O–H groups in total. The van der Waals surface area contributed by atoms with Crippen LogP contribution in [0.25, 0.3) is 16.0 Å². The number of aromatic nitrogens is 1. The molecule has 5 rings (SSSR count). The molecule has 38 heavy (non-hydrogen) atoms. The standard InChI is InChI=1S/C28H23ClN2O6S/c1-3-36-18-9-5-15(6-10-18)25(33)23-24(16-7-12-20(32)21(13-16)37-4-2)31(27(35)26(23)34)28-30-19-11-8-17(29)14-22(19)38-28/h5-14,24,32-33H,3-4H2,1-2H3/b25-23+. The Balaban J connectivity index is 1.70. The minimum atomic E-state index is -1.03. The molecule has 0 radical (unpaired) electrons. The molecule has 194 valence electrons. The number of amides is 1. The third kappa shape index (κ3) is 4.55. The lowest BCUT2D eigenvalue weighted by Gasteiger charge is -2.23. The van der Waals surface area contributed by atoms with Crippen LogP contribution in [-0.2, 0) is 9.59 Å². The molecule has 0 aliphatic carbocycles. The van der Waals surface area contributed by atoms with Gasteiger partial charge in [-0.15, -0.1) is 0 Å². The number of fused-ring (bicyclic) bond motifs is 1. The number of carbonyl (C=O) groups excluding carboxylic acids is 2. The SMILES string of the molecule is CCOc1ccc(/C(O)=C2\C(=O)C(=O)N(c3nc4ccc(Cl)cc4s3)C2c2ccc(O)c(OCC)c2)cc1. The topological polar surface area (TPSA) is 109 Å². The summed E-state index contributed by atoms with van der Waals surface area (Å²) >= 11 is 7.35. The van der Waals surface area contributed by atoms with Gasteiger partial charge in [-0.05, 0) is 74.0 Å². The highest BCUT2D eigenvalue weighted by Gasteiger charge is 2.48. The highest BCUT2D eigenvalue weighted by molar-refractivity contribution is 7.22. The van der Waals surface area contributed by atoms with E-state index in [2.05, 4.69) is 4.98 Å². The molecule has 0 spiro atoms. The number of carbonyl (C=O) groups is 2. The van der Waals surface area contributed by atoms with Gasteiger partial charge >= 0.3 is 5.91 Å². The fourth-order valence-electron chi connectivity index (χ4n) is 4.34. The van der Waals surface area contributed by atoms with Gasteiger partial charge in [0.15, 0.2) is 16.6 Å². The average molecular weight is 551 g/mol. The van der Waals surface area contributed by atoms with Crippen LogP contribution >= 0.6 is 22.9 Å². The third-order valence-electron chi connectivity index (χ3n) is 6.03. The van der Waals surface area contributed by atoms with Gasteiger partial charge in [0.2, 0.25) is 0 Å². The van der Waals surface area contributed by atoms with E-state index in [-0.39, 0.29) is 28.0 Å². The smallest absolute Gasteiger partial charge is 0.301 e. The van der Waals surface area contributed by atoms with Crippen LogP contribution in [0.2, 0.25) is 5.02 Å². The molecule has 1 saturated heterocycles. The van der Waals surface area contributed by atoms with Crippen LogP contribution in [0.1, 0.15) is 31.0 Å². The second kappa shape index (κ2) is 10.4. The van der Waals surface area contributed by atoms with E-state index in [1.807, 2.05) is 6.92 Å². The number of ketones is 1. The van der Waals surface area contributed by atoms with Crippen molar-refractivity contribution >= 4 is 55.7 Å². The Morgan fingerprint density at radius 2 is 1.76 bits per heavy atom. The van der Waals surface area contributed by atoms with Crippen LogP contribution in [0.15, 0.2) is 66.2 Å². The molecule has 4 aromatic rings. The van der Waals surface area contributed by atoms with Gasteiger partial charge in [0.1, 0.15) is 11.5 Å². The van der Waals surface area contributed by atoms with Crippen molar-refractivity contribution in [3.05, 3.63) is 82.4 Å². The van der Waals surface area contributed by atoms with E-state index in [1.54, 1.807) is 61.5 Å². The predicted molar refractivity (Wildman–Crippen MR) is 146 cm³/mol. The largest absolute Gasteiger partial charge is 0.507 e. The average Bonchev–Trinajstić information content (AvgIpc) is 3.43. The maximum Gasteiger partial charge on any atom is 0.301 e. The van der Waals surface area contributed by atoms with Crippen molar-refractivity contribution < 1.29 is 29.3 Å². The second-order valence-corrected chi connectivity index (χ2v) is 9.84. The number of rotatable bonds is 7. The monoisotopic (exact) mass is 550 g/mol. The first-order valence-electron chi connectivity index (χ1n) is 11.9. The quantitative estimate of drug-likeness (QED) is 0.163. The van der Waals surface area contributed by atoms with Crippen LogP contribution in [0.5, 0.6) is 17.2 Å². The van der Waals surface area contributed by atoms with Crippen molar-refractivity contribution in [2.45, 2.75) is 19.9 Å².